The zero-order chi connectivity index (χ0) is 23.4. The summed E-state index contributed by atoms with van der Waals surface area (Å²) in [7, 11) is 0. The molecule has 0 aromatic heterocycles. The van der Waals surface area contributed by atoms with Crippen LogP contribution in [0.15, 0.2) is 24.3 Å². The van der Waals surface area contributed by atoms with E-state index in [0.717, 1.165) is 0 Å². The van der Waals surface area contributed by atoms with Gasteiger partial charge in [0.2, 0.25) is 0 Å². The van der Waals surface area contributed by atoms with E-state index in [1.807, 2.05) is 0 Å². The van der Waals surface area contributed by atoms with Gasteiger partial charge in [-0.25, -0.2) is 8.78 Å². The molecule has 0 spiro atoms. The molecule has 0 bridgehead atoms. The number of hydrogen-bond donors (Lipinski definition) is 1. The van der Waals surface area contributed by atoms with E-state index in [2.05, 4.69) is 10.1 Å². The van der Waals surface area contributed by atoms with Gasteiger partial charge in [-0.15, -0.1) is 13.2 Å². The fraction of sp³-hybridized carbons (Fsp3) is 0.650. The number of carbonyl (C=O) groups is 1. The van der Waals surface area contributed by atoms with Crippen molar-refractivity contribution >= 4 is 17.5 Å². The quantitative estimate of drug-likeness (QED) is 0.531. The van der Waals surface area contributed by atoms with E-state index in [9.17, 15) is 26.7 Å². The maximum atomic E-state index is 14.3. The van der Waals surface area contributed by atoms with Crippen LogP contribution >= 0.6 is 11.6 Å². The van der Waals surface area contributed by atoms with Gasteiger partial charge in [0.05, 0.1) is 24.9 Å². The number of benzene rings is 1. The minimum atomic E-state index is -4.75. The maximum Gasteiger partial charge on any atom is 0.522 e. The fourth-order valence-corrected chi connectivity index (χ4v) is 3.53. The number of amides is 1. The lowest BCUT2D eigenvalue weighted by molar-refractivity contribution is -0.358. The van der Waals surface area contributed by atoms with Crippen LogP contribution in [0.2, 0.25) is 5.02 Å². The highest BCUT2D eigenvalue weighted by Crippen LogP contribution is 2.35. The lowest BCUT2D eigenvalue weighted by Crippen LogP contribution is -2.51. The molecule has 3 rings (SSSR count). The zero-order valence-corrected chi connectivity index (χ0v) is 17.6. The van der Waals surface area contributed by atoms with Crippen molar-refractivity contribution in [3.8, 4) is 5.75 Å². The molecule has 1 heterocycles. The van der Waals surface area contributed by atoms with Crippen molar-refractivity contribution in [2.45, 2.75) is 62.3 Å². The van der Waals surface area contributed by atoms with Crippen molar-refractivity contribution in [1.82, 2.24) is 5.32 Å². The number of rotatable bonds is 9. The van der Waals surface area contributed by atoms with Crippen LogP contribution in [0.5, 0.6) is 5.75 Å². The van der Waals surface area contributed by atoms with Crippen LogP contribution in [0.4, 0.5) is 22.0 Å². The molecular formula is C20H23ClF5NO5. The molecule has 1 aromatic rings. The predicted molar refractivity (Wildman–Crippen MR) is 103 cm³/mol. The SMILES string of the molecule is O=C(COc1ccc(Cl)cc1)N[C@@H]1CCC(C(F)(F)CO[C@H]2C[C@@H](OC(F)(F)F)C2)OC1. The lowest BCUT2D eigenvalue weighted by atomic mass is 9.92. The normalized spacial score (nSPS) is 26.3. The number of halogens is 6. The minimum Gasteiger partial charge on any atom is -0.484 e. The summed E-state index contributed by atoms with van der Waals surface area (Å²) in [6.45, 7) is -1.29. The summed E-state index contributed by atoms with van der Waals surface area (Å²) in [6, 6.07) is 6.03. The molecule has 2 atom stereocenters. The third-order valence-corrected chi connectivity index (χ3v) is 5.41. The molecule has 1 aliphatic carbocycles. The van der Waals surface area contributed by atoms with E-state index >= 15 is 0 Å². The number of carbonyl (C=O) groups excluding carboxylic acids is 1. The molecule has 0 radical (unpaired) electrons. The summed E-state index contributed by atoms with van der Waals surface area (Å²) in [5, 5.41) is 3.20. The van der Waals surface area contributed by atoms with Gasteiger partial charge in [0.25, 0.3) is 11.8 Å². The van der Waals surface area contributed by atoms with Gasteiger partial charge in [-0.3, -0.25) is 9.53 Å². The van der Waals surface area contributed by atoms with Gasteiger partial charge in [0.1, 0.15) is 18.5 Å². The Morgan fingerprint density at radius 1 is 1.09 bits per heavy atom. The van der Waals surface area contributed by atoms with E-state index in [-0.39, 0.29) is 38.9 Å². The summed E-state index contributed by atoms with van der Waals surface area (Å²) >= 11 is 5.77. The summed E-state index contributed by atoms with van der Waals surface area (Å²) < 4.78 is 84.3. The van der Waals surface area contributed by atoms with Gasteiger partial charge in [-0.05, 0) is 37.1 Å². The van der Waals surface area contributed by atoms with Crippen LogP contribution in [0.25, 0.3) is 0 Å². The Morgan fingerprint density at radius 2 is 1.78 bits per heavy atom. The van der Waals surface area contributed by atoms with Crippen LogP contribution in [0.3, 0.4) is 0 Å². The van der Waals surface area contributed by atoms with Crippen molar-refractivity contribution in [1.29, 1.82) is 0 Å². The molecule has 2 aliphatic rings. The second-order valence-electron chi connectivity index (χ2n) is 7.76. The molecule has 1 aromatic carbocycles. The van der Waals surface area contributed by atoms with E-state index in [1.54, 1.807) is 24.3 Å². The highest BCUT2D eigenvalue weighted by Gasteiger charge is 2.46. The van der Waals surface area contributed by atoms with Gasteiger partial charge in [0.15, 0.2) is 6.61 Å². The largest absolute Gasteiger partial charge is 0.522 e. The first kappa shape index (κ1) is 24.9. The van der Waals surface area contributed by atoms with Crippen molar-refractivity contribution in [2.75, 3.05) is 19.8 Å². The monoisotopic (exact) mass is 487 g/mol. The summed E-state index contributed by atoms with van der Waals surface area (Å²) in [6.07, 6.45) is -7.83. The van der Waals surface area contributed by atoms with Gasteiger partial charge in [0, 0.05) is 17.9 Å². The van der Waals surface area contributed by atoms with E-state index in [0.29, 0.717) is 10.8 Å². The lowest BCUT2D eigenvalue weighted by Gasteiger charge is -2.38. The topological polar surface area (TPSA) is 66.0 Å². The van der Waals surface area contributed by atoms with Gasteiger partial charge < -0.3 is 19.5 Å². The van der Waals surface area contributed by atoms with Crippen molar-refractivity contribution in [3.63, 3.8) is 0 Å². The molecule has 1 aliphatic heterocycles. The molecule has 12 heteroatoms. The Labute approximate surface area is 186 Å². The molecule has 1 saturated carbocycles. The van der Waals surface area contributed by atoms with Gasteiger partial charge >= 0.3 is 6.36 Å². The standard InChI is InChI=1S/C20H23ClF5NO5/c21-12-1-4-14(5-2-12)29-10-18(28)27-13-3-6-17(30-9-13)19(22,23)11-31-15-7-16(8-15)32-20(24,25)26/h1-2,4-5,13,15-17H,3,6-11H2,(H,27,28)/t13-,15-,16+,17?/m1/s1. The predicted octanol–water partition coefficient (Wildman–Crippen LogP) is 4.10. The molecule has 1 unspecified atom stereocenters. The number of ether oxygens (including phenoxy) is 4. The fourth-order valence-electron chi connectivity index (χ4n) is 3.41. The van der Waals surface area contributed by atoms with Crippen LogP contribution < -0.4 is 10.1 Å². The average Bonchev–Trinajstić information content (AvgIpc) is 2.69. The van der Waals surface area contributed by atoms with Crippen molar-refractivity contribution in [2.24, 2.45) is 0 Å². The Kier molecular flexibility index (Phi) is 8.18. The second kappa shape index (κ2) is 10.5. The number of hydrogen-bond acceptors (Lipinski definition) is 5. The second-order valence-corrected chi connectivity index (χ2v) is 8.19. The third kappa shape index (κ3) is 7.72. The first-order valence-electron chi connectivity index (χ1n) is 10.0. The van der Waals surface area contributed by atoms with Crippen molar-refractivity contribution < 1.29 is 45.7 Å². The van der Waals surface area contributed by atoms with Crippen LogP contribution in [-0.2, 0) is 19.0 Å². The summed E-state index contributed by atoms with van der Waals surface area (Å²) in [4.78, 5) is 12.0. The highest BCUT2D eigenvalue weighted by atomic mass is 35.5. The molecule has 32 heavy (non-hydrogen) atoms. The van der Waals surface area contributed by atoms with Crippen LogP contribution in [0, 0.1) is 0 Å². The van der Waals surface area contributed by atoms with E-state index in [1.165, 1.54) is 0 Å². The molecule has 1 N–H and O–H groups in total. The third-order valence-electron chi connectivity index (χ3n) is 5.16. The Hall–Kier alpha value is -1.69. The Morgan fingerprint density at radius 3 is 2.38 bits per heavy atom. The van der Waals surface area contributed by atoms with Crippen LogP contribution in [-0.4, -0.2) is 62.4 Å². The molecule has 180 valence electrons. The average molecular weight is 488 g/mol. The van der Waals surface area contributed by atoms with Gasteiger partial charge in [-0.2, -0.15) is 0 Å². The summed E-state index contributed by atoms with van der Waals surface area (Å²) in [5.41, 5.74) is 0. The maximum absolute atomic E-state index is 14.3. The highest BCUT2D eigenvalue weighted by molar-refractivity contribution is 6.30. The first-order valence-corrected chi connectivity index (χ1v) is 10.4. The number of alkyl halides is 5. The Balaban J connectivity index is 1.32. The molecule has 1 amide bonds. The molecular weight excluding hydrogens is 465 g/mol. The van der Waals surface area contributed by atoms with Gasteiger partial charge in [-0.1, -0.05) is 11.6 Å². The van der Waals surface area contributed by atoms with E-state index < -0.39 is 49.2 Å². The first-order chi connectivity index (χ1) is 15.0. The molecule has 1 saturated heterocycles. The Bertz CT molecular complexity index is 750. The minimum absolute atomic E-state index is 0.0101. The molecule has 2 fully saturated rings. The molecule has 6 nitrogen and oxygen atoms in total. The van der Waals surface area contributed by atoms with E-state index in [4.69, 9.17) is 25.8 Å². The zero-order valence-electron chi connectivity index (χ0n) is 16.9. The van der Waals surface area contributed by atoms with Crippen LogP contribution in [0.1, 0.15) is 25.7 Å². The smallest absolute Gasteiger partial charge is 0.484 e. The number of nitrogens with one attached hydrogen (secondary N) is 1. The summed E-state index contributed by atoms with van der Waals surface area (Å²) in [5.74, 6) is -3.25. The van der Waals surface area contributed by atoms with Crippen molar-refractivity contribution in [3.05, 3.63) is 29.3 Å².